The van der Waals surface area contributed by atoms with E-state index in [1.807, 2.05) is 24.3 Å². The van der Waals surface area contributed by atoms with Crippen molar-refractivity contribution in [2.24, 2.45) is 0 Å². The number of aromatic nitrogens is 2. The van der Waals surface area contributed by atoms with Gasteiger partial charge in [-0.05, 0) is 25.0 Å². The van der Waals surface area contributed by atoms with Gasteiger partial charge in [-0.3, -0.25) is 4.90 Å². The van der Waals surface area contributed by atoms with Crippen LogP contribution in [0.2, 0.25) is 5.02 Å². The Balaban J connectivity index is 1.48. The average molecular weight is 364 g/mol. The number of hydrogen-bond acceptors (Lipinski definition) is 5. The van der Waals surface area contributed by atoms with E-state index in [9.17, 15) is 5.26 Å². The van der Waals surface area contributed by atoms with Gasteiger partial charge in [-0.2, -0.15) is 5.26 Å². The minimum absolute atomic E-state index is 0.260. The van der Waals surface area contributed by atoms with Gasteiger partial charge in [0.05, 0.1) is 11.1 Å². The predicted molar refractivity (Wildman–Crippen MR) is 101 cm³/mol. The molecule has 0 spiro atoms. The van der Waals surface area contributed by atoms with Gasteiger partial charge in [-0.1, -0.05) is 35.6 Å². The van der Waals surface area contributed by atoms with Gasteiger partial charge < -0.3 is 4.90 Å². The molecular formula is C20H18ClN5. The zero-order valence-corrected chi connectivity index (χ0v) is 15.0. The molecule has 0 aliphatic carbocycles. The number of benzene rings is 1. The normalized spacial score (nSPS) is 22.2. The zero-order valence-electron chi connectivity index (χ0n) is 14.3. The molecule has 2 aromatic rings. The minimum Gasteiger partial charge on any atom is -0.351 e. The quantitative estimate of drug-likeness (QED) is 0.729. The molecule has 0 N–H and O–H groups in total. The van der Waals surface area contributed by atoms with E-state index in [2.05, 4.69) is 37.7 Å². The highest BCUT2D eigenvalue weighted by molar-refractivity contribution is 6.31. The van der Waals surface area contributed by atoms with Crippen LogP contribution in [-0.4, -0.2) is 46.6 Å². The lowest BCUT2D eigenvalue weighted by Gasteiger charge is -2.39. The Morgan fingerprint density at radius 2 is 1.96 bits per heavy atom. The minimum atomic E-state index is 0.260. The van der Waals surface area contributed by atoms with Gasteiger partial charge in [-0.15, -0.1) is 0 Å². The molecule has 0 unspecified atom stereocenters. The Labute approximate surface area is 158 Å². The highest BCUT2D eigenvalue weighted by atomic mass is 35.5. The third-order valence-electron chi connectivity index (χ3n) is 5.03. The van der Waals surface area contributed by atoms with E-state index in [-0.39, 0.29) is 6.04 Å². The highest BCUT2D eigenvalue weighted by Gasteiger charge is 2.37. The summed E-state index contributed by atoms with van der Waals surface area (Å²) < 4.78 is 0. The molecule has 2 aliphatic heterocycles. The van der Waals surface area contributed by atoms with Crippen LogP contribution in [0.4, 0.5) is 5.82 Å². The average Bonchev–Trinajstić information content (AvgIpc) is 3.09. The van der Waals surface area contributed by atoms with Crippen LogP contribution in [0, 0.1) is 23.2 Å². The number of nitriles is 1. The molecule has 130 valence electrons. The van der Waals surface area contributed by atoms with E-state index in [0.29, 0.717) is 22.6 Å². The molecule has 4 rings (SSSR count). The Morgan fingerprint density at radius 3 is 2.81 bits per heavy atom. The Kier molecular flexibility index (Phi) is 4.75. The molecule has 1 aromatic heterocycles. The van der Waals surface area contributed by atoms with Crippen molar-refractivity contribution in [3.05, 3.63) is 52.9 Å². The summed E-state index contributed by atoms with van der Waals surface area (Å²) in [6, 6.07) is 10.5. The molecule has 2 atom stereocenters. The molecule has 1 aromatic carbocycles. The summed E-state index contributed by atoms with van der Waals surface area (Å²) in [5.41, 5.74) is 1.28. The van der Waals surface area contributed by atoms with Crippen molar-refractivity contribution in [2.75, 3.05) is 24.5 Å². The molecule has 0 bridgehead atoms. The fraction of sp³-hybridized carbons (Fsp3) is 0.350. The summed E-state index contributed by atoms with van der Waals surface area (Å²) in [4.78, 5) is 13.2. The molecule has 0 saturated carbocycles. The number of fused-ring (bicyclic) bond motifs is 1. The Bertz CT molecular complexity index is 910. The van der Waals surface area contributed by atoms with E-state index >= 15 is 0 Å². The summed E-state index contributed by atoms with van der Waals surface area (Å²) in [7, 11) is 0. The van der Waals surface area contributed by atoms with Crippen molar-refractivity contribution < 1.29 is 0 Å². The molecular weight excluding hydrogens is 346 g/mol. The largest absolute Gasteiger partial charge is 0.351 e. The van der Waals surface area contributed by atoms with Crippen LogP contribution in [0.15, 0.2) is 36.7 Å². The maximum absolute atomic E-state index is 9.26. The molecule has 0 radical (unpaired) electrons. The molecule has 6 heteroatoms. The Morgan fingerprint density at radius 1 is 1.12 bits per heavy atom. The van der Waals surface area contributed by atoms with Crippen LogP contribution < -0.4 is 4.90 Å². The van der Waals surface area contributed by atoms with Gasteiger partial charge in [0.25, 0.3) is 0 Å². The van der Waals surface area contributed by atoms with Gasteiger partial charge in [0.1, 0.15) is 6.07 Å². The van der Waals surface area contributed by atoms with Crippen molar-refractivity contribution in [1.82, 2.24) is 14.9 Å². The molecule has 26 heavy (non-hydrogen) atoms. The second kappa shape index (κ2) is 7.33. The predicted octanol–water partition coefficient (Wildman–Crippen LogP) is 2.71. The molecule has 3 heterocycles. The first-order valence-corrected chi connectivity index (χ1v) is 9.12. The zero-order chi connectivity index (χ0) is 17.9. The van der Waals surface area contributed by atoms with Crippen LogP contribution in [0.5, 0.6) is 0 Å². The van der Waals surface area contributed by atoms with Crippen LogP contribution in [0.3, 0.4) is 0 Å². The summed E-state index contributed by atoms with van der Waals surface area (Å²) in [6.45, 7) is 2.60. The van der Waals surface area contributed by atoms with Crippen LogP contribution in [-0.2, 0) is 0 Å². The van der Waals surface area contributed by atoms with Crippen molar-refractivity contribution in [3.63, 3.8) is 0 Å². The second-order valence-corrected chi connectivity index (χ2v) is 6.93. The standard InChI is InChI=1S/C20H18ClN5/c21-18-4-2-1-3-15(18)5-6-16-7-8-17-14-25(11-12-26(16)17)20-19(13-22)23-9-10-24-20/h1-4,9-10,16-17H,7-8,11-12,14H2/t16-,17-/m0/s1. The molecule has 2 saturated heterocycles. The SMILES string of the molecule is N#Cc1nccnc1N1CCN2[C@@H](CC[C@@H]2C#Cc2ccccc2Cl)C1. The van der Waals surface area contributed by atoms with E-state index in [4.69, 9.17) is 11.6 Å². The van der Waals surface area contributed by atoms with Gasteiger partial charge in [0.15, 0.2) is 11.5 Å². The molecule has 5 nitrogen and oxygen atoms in total. The van der Waals surface area contributed by atoms with Gasteiger partial charge in [0.2, 0.25) is 0 Å². The number of rotatable bonds is 1. The van der Waals surface area contributed by atoms with Crippen LogP contribution >= 0.6 is 11.6 Å². The Hall–Kier alpha value is -2.60. The van der Waals surface area contributed by atoms with Crippen molar-refractivity contribution in [2.45, 2.75) is 24.9 Å². The first-order chi connectivity index (χ1) is 12.8. The summed E-state index contributed by atoms with van der Waals surface area (Å²) in [5, 5.41) is 9.96. The van der Waals surface area contributed by atoms with Gasteiger partial charge in [-0.25, -0.2) is 9.97 Å². The van der Waals surface area contributed by atoms with Crippen LogP contribution in [0.25, 0.3) is 0 Å². The first kappa shape index (κ1) is 16.8. The summed E-state index contributed by atoms with van der Waals surface area (Å²) >= 11 is 6.20. The second-order valence-electron chi connectivity index (χ2n) is 6.52. The van der Waals surface area contributed by atoms with E-state index in [1.165, 1.54) is 0 Å². The van der Waals surface area contributed by atoms with Crippen molar-refractivity contribution >= 4 is 17.4 Å². The van der Waals surface area contributed by atoms with Crippen molar-refractivity contribution in [3.8, 4) is 17.9 Å². The fourth-order valence-electron chi connectivity index (χ4n) is 3.76. The number of piperazine rings is 1. The molecule has 2 fully saturated rings. The van der Waals surface area contributed by atoms with E-state index in [0.717, 1.165) is 38.0 Å². The molecule has 2 aliphatic rings. The third-order valence-corrected chi connectivity index (χ3v) is 5.36. The van der Waals surface area contributed by atoms with E-state index < -0.39 is 0 Å². The fourth-order valence-corrected chi connectivity index (χ4v) is 3.95. The number of hydrogen-bond donors (Lipinski definition) is 0. The molecule has 0 amide bonds. The lowest BCUT2D eigenvalue weighted by atomic mass is 10.1. The van der Waals surface area contributed by atoms with Crippen LogP contribution in [0.1, 0.15) is 24.1 Å². The maximum atomic E-state index is 9.26. The first-order valence-electron chi connectivity index (χ1n) is 8.74. The lowest BCUT2D eigenvalue weighted by molar-refractivity contribution is 0.202. The highest BCUT2D eigenvalue weighted by Crippen LogP contribution is 2.29. The smallest absolute Gasteiger partial charge is 0.183 e. The topological polar surface area (TPSA) is 56.1 Å². The van der Waals surface area contributed by atoms with E-state index in [1.54, 1.807) is 12.4 Å². The van der Waals surface area contributed by atoms with Gasteiger partial charge >= 0.3 is 0 Å². The third kappa shape index (κ3) is 3.24. The summed E-state index contributed by atoms with van der Waals surface area (Å²) in [5.74, 6) is 7.35. The number of halogens is 1. The van der Waals surface area contributed by atoms with Gasteiger partial charge in [0, 0.05) is 43.6 Å². The number of anilines is 1. The summed E-state index contributed by atoms with van der Waals surface area (Å²) in [6.07, 6.45) is 5.37. The maximum Gasteiger partial charge on any atom is 0.183 e. The van der Waals surface area contributed by atoms with Crippen molar-refractivity contribution in [1.29, 1.82) is 5.26 Å². The lowest BCUT2D eigenvalue weighted by Crippen LogP contribution is -2.52. The monoisotopic (exact) mass is 363 g/mol. The number of nitrogens with zero attached hydrogens (tertiary/aromatic N) is 5.